The van der Waals surface area contributed by atoms with Crippen molar-refractivity contribution in [2.24, 2.45) is 92.7 Å². The summed E-state index contributed by atoms with van der Waals surface area (Å²) in [5.41, 5.74) is -1.49. The van der Waals surface area contributed by atoms with Crippen molar-refractivity contribution in [1.82, 2.24) is 5.32 Å². The Morgan fingerprint density at radius 2 is 1.54 bits per heavy atom. The monoisotopic (exact) mass is 1150 g/mol. The maximum atomic E-state index is 15.7. The maximum Gasteiger partial charge on any atom is 0.331 e. The van der Waals surface area contributed by atoms with Gasteiger partial charge in [0.25, 0.3) is 0 Å². The van der Waals surface area contributed by atoms with Gasteiger partial charge in [-0.05, 0) is 234 Å². The summed E-state index contributed by atoms with van der Waals surface area (Å²) in [7, 11) is 1.96. The predicted molar refractivity (Wildman–Crippen MR) is 323 cm³/mol. The second-order valence-electron chi connectivity index (χ2n) is 31.6. The number of hydrogen-bond acceptors (Lipinski definition) is 10. The number of aliphatic hydroxyl groups excluding tert-OH is 3. The van der Waals surface area contributed by atoms with Crippen molar-refractivity contribution < 1.29 is 45.0 Å². The molecule has 0 aromatic heterocycles. The Morgan fingerprint density at radius 1 is 0.753 bits per heavy atom. The summed E-state index contributed by atoms with van der Waals surface area (Å²) in [5, 5.41) is 88.5. The van der Waals surface area contributed by atoms with Gasteiger partial charge in [-0.25, -0.2) is 4.79 Å². The molecule has 0 radical (unpaired) electrons. The van der Waals surface area contributed by atoms with Gasteiger partial charge < -0.3 is 45.5 Å². The van der Waals surface area contributed by atoms with Crippen molar-refractivity contribution in [3.05, 3.63) is 117 Å². The van der Waals surface area contributed by atoms with Crippen LogP contribution >= 0.6 is 0 Å². The third-order valence-corrected chi connectivity index (χ3v) is 28.8. The molecule has 452 valence electrons. The molecule has 10 nitrogen and oxygen atoms in total. The first-order valence-electron chi connectivity index (χ1n) is 34.1. The Labute approximate surface area is 503 Å². The van der Waals surface area contributed by atoms with Gasteiger partial charge in [0.2, 0.25) is 0 Å². The summed E-state index contributed by atoms with van der Waals surface area (Å²) in [6.07, 6.45) is 17.2. The molecular weight excluding hydrogens is 1060 g/mol. The summed E-state index contributed by atoms with van der Waals surface area (Å²) < 4.78 is 6.57. The highest BCUT2D eigenvalue weighted by molar-refractivity contribution is 5.86. The molecule has 15 aliphatic carbocycles. The fraction of sp³-hybridized carbons (Fsp3) is 0.680. The van der Waals surface area contributed by atoms with Gasteiger partial charge in [0, 0.05) is 57.6 Å². The highest BCUT2D eigenvalue weighted by atomic mass is 16.5. The van der Waals surface area contributed by atoms with Crippen molar-refractivity contribution in [3.63, 3.8) is 0 Å². The minimum absolute atomic E-state index is 0.0646. The molecule has 10 heteroatoms. The van der Waals surface area contributed by atoms with E-state index in [4.69, 9.17) is 4.74 Å². The Hall–Kier alpha value is -4.18. The molecule has 10 fully saturated rings. The number of aldehydes is 1. The van der Waals surface area contributed by atoms with E-state index in [1.165, 1.54) is 35.1 Å². The van der Waals surface area contributed by atoms with Crippen LogP contribution in [0.1, 0.15) is 187 Å². The second kappa shape index (κ2) is 19.9. The molecular formula is C75H93NO9. The van der Waals surface area contributed by atoms with Gasteiger partial charge in [-0.2, -0.15) is 0 Å². The zero-order valence-corrected chi connectivity index (χ0v) is 50.4. The molecule has 3 aromatic rings. The van der Waals surface area contributed by atoms with E-state index in [0.717, 1.165) is 112 Å². The lowest BCUT2D eigenvalue weighted by Crippen LogP contribution is -2.86. The Bertz CT molecular complexity index is 3280. The summed E-state index contributed by atoms with van der Waals surface area (Å²) in [6.45, 7) is 2.22. The number of ether oxygens (including phenoxy) is 1. The van der Waals surface area contributed by atoms with Crippen LogP contribution in [0, 0.1) is 105 Å². The molecule has 10 saturated carbocycles. The van der Waals surface area contributed by atoms with Gasteiger partial charge in [0.1, 0.15) is 23.6 Å². The summed E-state index contributed by atoms with van der Waals surface area (Å²) >= 11 is 0. The number of hydrogen-bond donors (Lipinski definition) is 7. The number of fused-ring (bicyclic) bond motifs is 1. The van der Waals surface area contributed by atoms with Crippen LogP contribution in [0.15, 0.2) is 78.4 Å². The van der Waals surface area contributed by atoms with Gasteiger partial charge in [0.05, 0.1) is 29.8 Å². The van der Waals surface area contributed by atoms with Crippen LogP contribution in [0.5, 0.6) is 0 Å². The SMILES string of the molecule is CNC1Cc2c(cccc2CO)C#CC23CCC(Cc4cccc(c4)Cc4cccc(c4)C4CCC5C(CCC56CC5(C=O)C7CCC8(C2)C2C9=CC(=O)OC9C1CC2CC8(O)C7(O)C(O)C1CC(C(C)C2CCCC2)CCC(C6O)C15O)C4)C3. The first-order valence-corrected chi connectivity index (χ1v) is 34.1. The summed E-state index contributed by atoms with van der Waals surface area (Å²) in [5.74, 6) is 5.71. The molecule has 0 saturated heterocycles. The van der Waals surface area contributed by atoms with Crippen molar-refractivity contribution in [1.29, 1.82) is 0 Å². The highest BCUT2D eigenvalue weighted by Gasteiger charge is 2.87. The summed E-state index contributed by atoms with van der Waals surface area (Å²) in [4.78, 5) is 30.0. The third kappa shape index (κ3) is 7.68. The number of benzene rings is 3. The molecule has 1 heterocycles. The highest BCUT2D eigenvalue weighted by Crippen LogP contribution is 2.81. The van der Waals surface area contributed by atoms with Gasteiger partial charge >= 0.3 is 5.97 Å². The van der Waals surface area contributed by atoms with E-state index in [1.54, 1.807) is 6.08 Å². The Kier molecular flexibility index (Phi) is 13.1. The smallest absolute Gasteiger partial charge is 0.331 e. The lowest BCUT2D eigenvalue weighted by Gasteiger charge is -2.75. The number of esters is 1. The van der Waals surface area contributed by atoms with E-state index in [1.807, 2.05) is 19.2 Å². The molecule has 3 spiro atoms. The van der Waals surface area contributed by atoms with Crippen LogP contribution in [0.4, 0.5) is 0 Å². The molecule has 3 aromatic carbocycles. The number of aliphatic hydroxyl groups is 6. The van der Waals surface area contributed by atoms with E-state index < -0.39 is 86.4 Å². The summed E-state index contributed by atoms with van der Waals surface area (Å²) in [6, 6.07) is 24.3. The Balaban J connectivity index is 0.933. The quantitative estimate of drug-likeness (QED) is 0.0740. The van der Waals surface area contributed by atoms with Crippen LogP contribution < -0.4 is 5.32 Å². The van der Waals surface area contributed by atoms with Crippen molar-refractivity contribution in [3.8, 4) is 11.8 Å². The normalized spacial score (nSPS) is 47.6. The third-order valence-electron chi connectivity index (χ3n) is 28.8. The van der Waals surface area contributed by atoms with Crippen LogP contribution in [0.25, 0.3) is 0 Å². The Morgan fingerprint density at radius 3 is 2.35 bits per heavy atom. The van der Waals surface area contributed by atoms with E-state index >= 15 is 15.0 Å². The van der Waals surface area contributed by atoms with Crippen molar-refractivity contribution >= 4 is 12.3 Å². The van der Waals surface area contributed by atoms with Crippen LogP contribution in [-0.4, -0.2) is 91.1 Å². The lowest BCUT2D eigenvalue weighted by atomic mass is 9.32. The molecule has 17 bridgehead atoms. The zero-order valence-electron chi connectivity index (χ0n) is 50.4. The zero-order chi connectivity index (χ0) is 58.2. The average molecular weight is 1150 g/mol. The lowest BCUT2D eigenvalue weighted by molar-refractivity contribution is -0.386. The number of nitrogens with one attached hydrogen (secondary N) is 1. The van der Waals surface area contributed by atoms with Crippen LogP contribution in [-0.2, 0) is 40.2 Å². The maximum absolute atomic E-state index is 15.7. The molecule has 85 heavy (non-hydrogen) atoms. The van der Waals surface area contributed by atoms with Gasteiger partial charge in [-0.1, -0.05) is 105 Å². The van der Waals surface area contributed by atoms with Crippen LogP contribution in [0.2, 0.25) is 0 Å². The molecule has 1 aliphatic heterocycles. The van der Waals surface area contributed by atoms with Crippen molar-refractivity contribution in [2.45, 2.75) is 215 Å². The fourth-order valence-corrected chi connectivity index (χ4v) is 25.5. The van der Waals surface area contributed by atoms with Crippen molar-refractivity contribution in [2.75, 3.05) is 7.05 Å². The largest absolute Gasteiger partial charge is 0.454 e. The average Bonchev–Trinajstić information content (AvgIpc) is 1.63. The standard InChI is InChI=1S/C75H93NO9/c1-43(48-11-3-4-12-48)50-16-19-60-67(80)70-26-22-53-32-52(17-18-59(53)70)51-14-6-10-46(31-51)29-44-8-5-9-45(28-44)30-47-20-24-69(37-47)25-21-49-13-7-15-54(39-77)56(49)35-62(76-2)57-33-55-38-73(82)71(40-69,65(55)58-36-64(79)85-66(57)58)27-23-63-72(41-70,42-78)74(60,83)61(34-50)68(81)75(63,73)84/h5-10,13-15,28,31,36,42-43,47-48,50,52-53,55,57,59-63,65-68,76-77,80-84H,3-4,11-12,16-20,22-24,26-27,29-30,32-35,37-41H2,1-2H3. The molecule has 23 unspecified atom stereocenters. The topological polar surface area (TPSA) is 177 Å². The first kappa shape index (κ1) is 56.1. The van der Waals surface area contributed by atoms with E-state index in [9.17, 15) is 25.2 Å². The van der Waals surface area contributed by atoms with E-state index in [-0.39, 0.29) is 67.4 Å². The number of carbonyl (C=O) groups excluding carboxylic acids is 2. The number of carbonyl (C=O) groups is 2. The molecule has 7 N–H and O–H groups in total. The minimum atomic E-state index is -2.28. The predicted octanol–water partition coefficient (Wildman–Crippen LogP) is 10.3. The molecule has 23 atom stereocenters. The minimum Gasteiger partial charge on any atom is -0.454 e. The van der Waals surface area contributed by atoms with E-state index in [2.05, 4.69) is 78.7 Å². The first-order chi connectivity index (χ1) is 41.0. The van der Waals surface area contributed by atoms with Gasteiger partial charge in [-0.15, -0.1) is 0 Å². The van der Waals surface area contributed by atoms with E-state index in [0.29, 0.717) is 56.3 Å². The molecule has 16 aliphatic rings. The van der Waals surface area contributed by atoms with Gasteiger partial charge in [-0.3, -0.25) is 0 Å². The fourth-order valence-electron chi connectivity index (χ4n) is 25.5. The van der Waals surface area contributed by atoms with Crippen LogP contribution in [0.3, 0.4) is 0 Å². The number of likely N-dealkylation sites (N-methyl/N-ethyl adjacent to an activating group) is 1. The number of rotatable bonds is 5. The molecule has 19 rings (SSSR count). The van der Waals surface area contributed by atoms with Gasteiger partial charge in [0.15, 0.2) is 0 Å². The molecule has 0 amide bonds. The second-order valence-corrected chi connectivity index (χ2v) is 31.6.